The zero-order valence-corrected chi connectivity index (χ0v) is 16.5. The maximum absolute atomic E-state index is 13.8. The number of hydrogen-bond acceptors (Lipinski definition) is 2. The summed E-state index contributed by atoms with van der Waals surface area (Å²) in [7, 11) is 0. The van der Waals surface area contributed by atoms with E-state index in [9.17, 15) is 9.18 Å². The number of rotatable bonds is 4. The molecule has 1 N–H and O–H groups in total. The average molecular weight is 409 g/mol. The second kappa shape index (κ2) is 8.59. The third kappa shape index (κ3) is 4.13. The van der Waals surface area contributed by atoms with Gasteiger partial charge in [0.15, 0.2) is 0 Å². The molecule has 6 heteroatoms. The molecule has 0 spiro atoms. The molecule has 2 saturated heterocycles. The molecule has 1 amide bonds. The maximum Gasteiger partial charge on any atom is 0.223 e. The van der Waals surface area contributed by atoms with Crippen molar-refractivity contribution < 1.29 is 9.18 Å². The highest BCUT2D eigenvalue weighted by molar-refractivity contribution is 6.31. The van der Waals surface area contributed by atoms with Gasteiger partial charge in [-0.2, -0.15) is 0 Å². The van der Waals surface area contributed by atoms with E-state index in [2.05, 4.69) is 5.32 Å². The number of hydrogen-bond donors (Lipinski definition) is 1. The molecule has 0 bridgehead atoms. The van der Waals surface area contributed by atoms with Crippen LogP contribution in [0.25, 0.3) is 0 Å². The normalized spacial score (nSPS) is 23.8. The smallest absolute Gasteiger partial charge is 0.223 e. The Morgan fingerprint density at radius 1 is 1.19 bits per heavy atom. The Hall–Kier alpha value is -1.62. The second-order valence-corrected chi connectivity index (χ2v) is 7.63. The number of amides is 1. The molecule has 0 unspecified atom stereocenters. The molecule has 27 heavy (non-hydrogen) atoms. The van der Waals surface area contributed by atoms with E-state index >= 15 is 0 Å². The van der Waals surface area contributed by atoms with Gasteiger partial charge >= 0.3 is 0 Å². The number of halogens is 3. The summed E-state index contributed by atoms with van der Waals surface area (Å²) in [6.45, 7) is 2.53. The zero-order valence-electron chi connectivity index (χ0n) is 14.9. The summed E-state index contributed by atoms with van der Waals surface area (Å²) in [5.74, 6) is 0.655. The van der Waals surface area contributed by atoms with Crippen LogP contribution in [-0.4, -0.2) is 30.4 Å². The van der Waals surface area contributed by atoms with Crippen LogP contribution < -0.4 is 5.32 Å². The summed E-state index contributed by atoms with van der Waals surface area (Å²) in [5, 5.41) is 4.11. The Morgan fingerprint density at radius 3 is 2.78 bits per heavy atom. The van der Waals surface area contributed by atoms with E-state index in [4.69, 9.17) is 11.6 Å². The number of benzene rings is 2. The van der Waals surface area contributed by atoms with Gasteiger partial charge in [0.1, 0.15) is 5.82 Å². The van der Waals surface area contributed by atoms with E-state index in [0.717, 1.165) is 30.8 Å². The van der Waals surface area contributed by atoms with Crippen LogP contribution in [0.1, 0.15) is 23.6 Å². The van der Waals surface area contributed by atoms with Crippen LogP contribution in [0.2, 0.25) is 5.02 Å². The molecule has 0 saturated carbocycles. The van der Waals surface area contributed by atoms with Gasteiger partial charge < -0.3 is 10.2 Å². The Bertz CT molecular complexity index is 816. The highest BCUT2D eigenvalue weighted by Gasteiger charge is 2.46. The van der Waals surface area contributed by atoms with Crippen molar-refractivity contribution in [3.05, 3.63) is 70.5 Å². The molecule has 0 aromatic heterocycles. The van der Waals surface area contributed by atoms with Crippen LogP contribution in [0.15, 0.2) is 48.5 Å². The van der Waals surface area contributed by atoms with Crippen molar-refractivity contribution in [1.82, 2.24) is 10.2 Å². The first-order valence-electron chi connectivity index (χ1n) is 9.12. The predicted molar refractivity (Wildman–Crippen MR) is 108 cm³/mol. The van der Waals surface area contributed by atoms with Gasteiger partial charge in [0, 0.05) is 37.0 Å². The van der Waals surface area contributed by atoms with Crippen LogP contribution in [-0.2, 0) is 11.2 Å². The van der Waals surface area contributed by atoms with Crippen LogP contribution >= 0.6 is 24.0 Å². The summed E-state index contributed by atoms with van der Waals surface area (Å²) in [6, 6.07) is 14.3. The standard InChI is InChI=1S/C21H22ClFN2O.ClH/c22-19-7-2-1-4-14(19)8-9-20(26)25-13-16-11-24-12-18(16)21(25)15-5-3-6-17(23)10-15;/h1-7,10,16,18,21,24H,8-9,11-13H2;1H/t16-,18-,21-;/m0./s1. The van der Waals surface area contributed by atoms with Gasteiger partial charge in [-0.25, -0.2) is 4.39 Å². The highest BCUT2D eigenvalue weighted by Crippen LogP contribution is 2.43. The largest absolute Gasteiger partial charge is 0.335 e. The SMILES string of the molecule is Cl.O=C(CCc1ccccc1Cl)N1C[C@@H]2CNC[C@@H]2[C@@H]1c1cccc(F)c1. The first-order valence-corrected chi connectivity index (χ1v) is 9.50. The molecule has 2 fully saturated rings. The van der Waals surface area contributed by atoms with Crippen molar-refractivity contribution in [2.24, 2.45) is 11.8 Å². The van der Waals surface area contributed by atoms with Crippen molar-refractivity contribution in [3.8, 4) is 0 Å². The molecule has 0 aliphatic carbocycles. The molecule has 4 rings (SSSR count). The summed E-state index contributed by atoms with van der Waals surface area (Å²) in [6.07, 6.45) is 1.04. The lowest BCUT2D eigenvalue weighted by Crippen LogP contribution is -2.34. The van der Waals surface area contributed by atoms with E-state index in [-0.39, 0.29) is 30.2 Å². The van der Waals surface area contributed by atoms with Crippen molar-refractivity contribution in [2.45, 2.75) is 18.9 Å². The molecule has 0 radical (unpaired) electrons. The fourth-order valence-corrected chi connectivity index (χ4v) is 4.61. The number of carbonyl (C=O) groups is 1. The lowest BCUT2D eigenvalue weighted by molar-refractivity contribution is -0.132. The lowest BCUT2D eigenvalue weighted by atomic mass is 9.89. The fourth-order valence-electron chi connectivity index (χ4n) is 4.38. The molecular weight excluding hydrogens is 386 g/mol. The van der Waals surface area contributed by atoms with Crippen LogP contribution in [0, 0.1) is 17.7 Å². The number of nitrogens with one attached hydrogen (secondary N) is 1. The molecule has 2 aliphatic heterocycles. The predicted octanol–water partition coefficient (Wildman–Crippen LogP) is 4.25. The minimum Gasteiger partial charge on any atom is -0.335 e. The lowest BCUT2D eigenvalue weighted by Gasteiger charge is -2.28. The monoisotopic (exact) mass is 408 g/mol. The fraction of sp³-hybridized carbons (Fsp3) is 0.381. The van der Waals surface area contributed by atoms with Gasteiger partial charge in [-0.05, 0) is 41.7 Å². The molecule has 2 aliphatic rings. The molecule has 2 heterocycles. The Balaban J connectivity index is 0.00000210. The molecular formula is C21H23Cl2FN2O. The summed E-state index contributed by atoms with van der Waals surface area (Å²) in [5.41, 5.74) is 1.89. The summed E-state index contributed by atoms with van der Waals surface area (Å²) >= 11 is 6.21. The van der Waals surface area contributed by atoms with Gasteiger partial charge in [-0.15, -0.1) is 12.4 Å². The number of aryl methyl sites for hydroxylation is 1. The van der Waals surface area contributed by atoms with Gasteiger partial charge in [0.25, 0.3) is 0 Å². The molecule has 144 valence electrons. The topological polar surface area (TPSA) is 32.3 Å². The van der Waals surface area contributed by atoms with E-state index < -0.39 is 0 Å². The van der Waals surface area contributed by atoms with Crippen molar-refractivity contribution in [2.75, 3.05) is 19.6 Å². The zero-order chi connectivity index (χ0) is 18.1. The molecule has 3 nitrogen and oxygen atoms in total. The van der Waals surface area contributed by atoms with Crippen molar-refractivity contribution in [3.63, 3.8) is 0 Å². The molecule has 2 aromatic carbocycles. The highest BCUT2D eigenvalue weighted by atomic mass is 35.5. The van der Waals surface area contributed by atoms with E-state index in [0.29, 0.717) is 29.7 Å². The van der Waals surface area contributed by atoms with Gasteiger partial charge in [0.2, 0.25) is 5.91 Å². The number of nitrogens with zero attached hydrogens (tertiary/aromatic N) is 1. The third-order valence-electron chi connectivity index (χ3n) is 5.64. The first-order chi connectivity index (χ1) is 12.6. The minimum atomic E-state index is -0.250. The van der Waals surface area contributed by atoms with E-state index in [1.54, 1.807) is 12.1 Å². The van der Waals surface area contributed by atoms with E-state index in [1.807, 2.05) is 35.2 Å². The Kier molecular flexibility index (Phi) is 6.40. The van der Waals surface area contributed by atoms with Gasteiger partial charge in [-0.3, -0.25) is 4.79 Å². The third-order valence-corrected chi connectivity index (χ3v) is 6.01. The second-order valence-electron chi connectivity index (χ2n) is 7.22. The quantitative estimate of drug-likeness (QED) is 0.819. The minimum absolute atomic E-state index is 0. The average Bonchev–Trinajstić information content (AvgIpc) is 3.21. The number of carbonyl (C=O) groups excluding carboxylic acids is 1. The molecule has 2 aromatic rings. The van der Waals surface area contributed by atoms with Crippen LogP contribution in [0.5, 0.6) is 0 Å². The Labute approximate surface area is 170 Å². The van der Waals surface area contributed by atoms with Crippen LogP contribution in [0.3, 0.4) is 0 Å². The number of likely N-dealkylation sites (tertiary alicyclic amines) is 1. The summed E-state index contributed by atoms with van der Waals surface area (Å²) in [4.78, 5) is 15.0. The van der Waals surface area contributed by atoms with Crippen molar-refractivity contribution >= 4 is 29.9 Å². The first kappa shape index (κ1) is 20.1. The Morgan fingerprint density at radius 2 is 2.00 bits per heavy atom. The van der Waals surface area contributed by atoms with Crippen molar-refractivity contribution in [1.29, 1.82) is 0 Å². The van der Waals surface area contributed by atoms with Gasteiger partial charge in [0.05, 0.1) is 6.04 Å². The van der Waals surface area contributed by atoms with Gasteiger partial charge in [-0.1, -0.05) is 41.9 Å². The maximum atomic E-state index is 13.8. The number of fused-ring (bicyclic) bond motifs is 1. The molecule has 3 atom stereocenters. The van der Waals surface area contributed by atoms with Crippen LogP contribution in [0.4, 0.5) is 4.39 Å². The van der Waals surface area contributed by atoms with E-state index in [1.165, 1.54) is 6.07 Å². The summed E-state index contributed by atoms with van der Waals surface area (Å²) < 4.78 is 13.8.